The first-order valence-electron chi connectivity index (χ1n) is 5.40. The average molecular weight is 184 g/mol. The fourth-order valence-electron chi connectivity index (χ4n) is 2.44. The van der Waals surface area contributed by atoms with E-state index in [2.05, 4.69) is 5.32 Å². The van der Waals surface area contributed by atoms with Gasteiger partial charge in [0.2, 0.25) is 0 Å². The highest BCUT2D eigenvalue weighted by atomic mass is 16.5. The van der Waals surface area contributed by atoms with Crippen LogP contribution in [-0.2, 0) is 4.74 Å². The van der Waals surface area contributed by atoms with Gasteiger partial charge in [-0.05, 0) is 19.3 Å². The van der Waals surface area contributed by atoms with Crippen LogP contribution in [0.1, 0.15) is 32.1 Å². The Labute approximate surface area is 80.0 Å². The third-order valence-electron chi connectivity index (χ3n) is 3.36. The molecule has 1 saturated heterocycles. The third-order valence-corrected chi connectivity index (χ3v) is 3.36. The van der Waals surface area contributed by atoms with E-state index >= 15 is 0 Å². The molecule has 1 unspecified atom stereocenters. The predicted molar refractivity (Wildman–Crippen MR) is 52.6 cm³/mol. The molecular weight excluding hydrogens is 164 g/mol. The summed E-state index contributed by atoms with van der Waals surface area (Å²) in [4.78, 5) is 0. The Balaban J connectivity index is 1.88. The maximum Gasteiger partial charge on any atom is 0.0661 e. The SMILES string of the molecule is NCC1(NC2CCCC2)CCOC1. The Kier molecular flexibility index (Phi) is 2.86. The van der Waals surface area contributed by atoms with Gasteiger partial charge in [-0.25, -0.2) is 0 Å². The zero-order valence-corrected chi connectivity index (χ0v) is 8.22. The molecule has 76 valence electrons. The first-order valence-corrected chi connectivity index (χ1v) is 5.40. The van der Waals surface area contributed by atoms with Crippen molar-refractivity contribution in [2.24, 2.45) is 5.73 Å². The molecule has 1 aliphatic carbocycles. The molecule has 1 aliphatic heterocycles. The summed E-state index contributed by atoms with van der Waals surface area (Å²) < 4.78 is 5.42. The fraction of sp³-hybridized carbons (Fsp3) is 1.00. The van der Waals surface area contributed by atoms with Crippen LogP contribution in [0.4, 0.5) is 0 Å². The second kappa shape index (κ2) is 3.95. The molecule has 0 aromatic rings. The zero-order valence-electron chi connectivity index (χ0n) is 8.22. The number of nitrogens with two attached hydrogens (primary N) is 1. The molecule has 3 N–H and O–H groups in total. The van der Waals surface area contributed by atoms with E-state index < -0.39 is 0 Å². The molecule has 1 saturated carbocycles. The molecule has 2 fully saturated rings. The Morgan fingerprint density at radius 3 is 2.69 bits per heavy atom. The summed E-state index contributed by atoms with van der Waals surface area (Å²) in [6.07, 6.45) is 6.47. The van der Waals surface area contributed by atoms with Crippen molar-refractivity contribution in [2.75, 3.05) is 19.8 Å². The second-order valence-electron chi connectivity index (χ2n) is 4.41. The van der Waals surface area contributed by atoms with E-state index in [1.165, 1.54) is 25.7 Å². The molecule has 0 radical (unpaired) electrons. The van der Waals surface area contributed by atoms with Crippen LogP contribution in [0.25, 0.3) is 0 Å². The van der Waals surface area contributed by atoms with Crippen molar-refractivity contribution in [1.29, 1.82) is 0 Å². The van der Waals surface area contributed by atoms with Crippen LogP contribution in [0.3, 0.4) is 0 Å². The van der Waals surface area contributed by atoms with Crippen molar-refractivity contribution in [3.05, 3.63) is 0 Å². The minimum absolute atomic E-state index is 0.106. The zero-order chi connectivity index (χ0) is 9.15. The topological polar surface area (TPSA) is 47.3 Å². The summed E-state index contributed by atoms with van der Waals surface area (Å²) in [5.74, 6) is 0. The van der Waals surface area contributed by atoms with Crippen molar-refractivity contribution in [1.82, 2.24) is 5.32 Å². The van der Waals surface area contributed by atoms with Gasteiger partial charge in [-0.1, -0.05) is 12.8 Å². The van der Waals surface area contributed by atoms with Gasteiger partial charge in [0, 0.05) is 19.2 Å². The number of hydrogen-bond donors (Lipinski definition) is 2. The molecule has 1 atom stereocenters. The van der Waals surface area contributed by atoms with E-state index in [9.17, 15) is 0 Å². The van der Waals surface area contributed by atoms with Crippen LogP contribution in [0, 0.1) is 0 Å². The Morgan fingerprint density at radius 1 is 1.38 bits per heavy atom. The van der Waals surface area contributed by atoms with Crippen molar-refractivity contribution < 1.29 is 4.74 Å². The summed E-state index contributed by atoms with van der Waals surface area (Å²) in [5.41, 5.74) is 5.91. The predicted octanol–water partition coefficient (Wildman–Crippen LogP) is 0.636. The number of hydrogen-bond acceptors (Lipinski definition) is 3. The molecule has 1 heterocycles. The molecule has 13 heavy (non-hydrogen) atoms. The quantitative estimate of drug-likeness (QED) is 0.676. The van der Waals surface area contributed by atoms with Crippen LogP contribution in [0.2, 0.25) is 0 Å². The number of rotatable bonds is 3. The highest BCUT2D eigenvalue weighted by Crippen LogP contribution is 2.24. The minimum Gasteiger partial charge on any atom is -0.379 e. The Bertz CT molecular complexity index is 160. The van der Waals surface area contributed by atoms with E-state index in [0.29, 0.717) is 12.6 Å². The summed E-state index contributed by atoms with van der Waals surface area (Å²) in [7, 11) is 0. The van der Waals surface area contributed by atoms with E-state index in [1.54, 1.807) is 0 Å². The van der Waals surface area contributed by atoms with Crippen LogP contribution in [-0.4, -0.2) is 31.3 Å². The maximum absolute atomic E-state index is 5.80. The van der Waals surface area contributed by atoms with E-state index in [1.807, 2.05) is 0 Å². The molecule has 0 spiro atoms. The maximum atomic E-state index is 5.80. The Morgan fingerprint density at radius 2 is 2.15 bits per heavy atom. The van der Waals surface area contributed by atoms with E-state index in [-0.39, 0.29) is 5.54 Å². The largest absolute Gasteiger partial charge is 0.379 e. The molecule has 0 aromatic carbocycles. The van der Waals surface area contributed by atoms with Crippen molar-refractivity contribution in [2.45, 2.75) is 43.7 Å². The van der Waals surface area contributed by atoms with Gasteiger partial charge in [0.15, 0.2) is 0 Å². The van der Waals surface area contributed by atoms with E-state index in [0.717, 1.165) is 19.6 Å². The van der Waals surface area contributed by atoms with Crippen molar-refractivity contribution in [3.8, 4) is 0 Å². The van der Waals surface area contributed by atoms with Crippen LogP contribution >= 0.6 is 0 Å². The second-order valence-corrected chi connectivity index (χ2v) is 4.41. The molecule has 3 nitrogen and oxygen atoms in total. The first-order chi connectivity index (χ1) is 6.35. The highest BCUT2D eigenvalue weighted by molar-refractivity contribution is 4.95. The van der Waals surface area contributed by atoms with Crippen LogP contribution in [0.5, 0.6) is 0 Å². The minimum atomic E-state index is 0.106. The monoisotopic (exact) mass is 184 g/mol. The highest BCUT2D eigenvalue weighted by Gasteiger charge is 2.35. The first kappa shape index (κ1) is 9.44. The third kappa shape index (κ3) is 2.03. The molecule has 2 rings (SSSR count). The van der Waals surface area contributed by atoms with Gasteiger partial charge in [-0.2, -0.15) is 0 Å². The van der Waals surface area contributed by atoms with Crippen molar-refractivity contribution in [3.63, 3.8) is 0 Å². The molecule has 0 aromatic heterocycles. The van der Waals surface area contributed by atoms with Gasteiger partial charge in [-0.3, -0.25) is 0 Å². The summed E-state index contributed by atoms with van der Waals surface area (Å²) >= 11 is 0. The molecule has 0 bridgehead atoms. The van der Waals surface area contributed by atoms with Gasteiger partial charge < -0.3 is 15.8 Å². The van der Waals surface area contributed by atoms with Gasteiger partial charge in [-0.15, -0.1) is 0 Å². The number of nitrogens with one attached hydrogen (secondary N) is 1. The smallest absolute Gasteiger partial charge is 0.0661 e. The molecular formula is C10H20N2O. The summed E-state index contributed by atoms with van der Waals surface area (Å²) in [5, 5.41) is 3.69. The van der Waals surface area contributed by atoms with Gasteiger partial charge in [0.25, 0.3) is 0 Å². The molecule has 0 amide bonds. The molecule has 3 heteroatoms. The lowest BCUT2D eigenvalue weighted by atomic mass is 9.97. The standard InChI is InChI=1S/C10H20N2O/c11-7-10(5-6-13-8-10)12-9-3-1-2-4-9/h9,12H,1-8,11H2. The van der Waals surface area contributed by atoms with Gasteiger partial charge in [0.1, 0.15) is 0 Å². The van der Waals surface area contributed by atoms with Gasteiger partial charge in [0.05, 0.1) is 12.1 Å². The Hall–Kier alpha value is -0.120. The van der Waals surface area contributed by atoms with Crippen molar-refractivity contribution >= 4 is 0 Å². The lowest BCUT2D eigenvalue weighted by Crippen LogP contribution is -2.55. The lowest BCUT2D eigenvalue weighted by molar-refractivity contribution is 0.163. The fourth-order valence-corrected chi connectivity index (χ4v) is 2.44. The van der Waals surface area contributed by atoms with Crippen LogP contribution < -0.4 is 11.1 Å². The summed E-state index contributed by atoms with van der Waals surface area (Å²) in [6, 6.07) is 0.699. The number of ether oxygens (including phenoxy) is 1. The van der Waals surface area contributed by atoms with Gasteiger partial charge >= 0.3 is 0 Å². The normalized spacial score (nSPS) is 35.8. The lowest BCUT2D eigenvalue weighted by Gasteiger charge is -2.30. The van der Waals surface area contributed by atoms with E-state index in [4.69, 9.17) is 10.5 Å². The average Bonchev–Trinajstić information content (AvgIpc) is 2.77. The summed E-state index contributed by atoms with van der Waals surface area (Å²) in [6.45, 7) is 2.39. The van der Waals surface area contributed by atoms with Crippen LogP contribution in [0.15, 0.2) is 0 Å². The molecule has 2 aliphatic rings.